The Kier molecular flexibility index (Phi) is 11.9. The van der Waals surface area contributed by atoms with Crippen molar-refractivity contribution in [3.8, 4) is 17.1 Å². The predicted octanol–water partition coefficient (Wildman–Crippen LogP) is 1.40. The zero-order valence-electron chi connectivity index (χ0n) is 29.1. The van der Waals surface area contributed by atoms with Crippen molar-refractivity contribution in [3.63, 3.8) is 0 Å². The highest BCUT2D eigenvalue weighted by Gasteiger charge is 2.29. The number of rotatable bonds is 5. The topological polar surface area (TPSA) is 198 Å². The summed E-state index contributed by atoms with van der Waals surface area (Å²) in [4.78, 5) is 73.5. The minimum absolute atomic E-state index is 0.0421. The molecule has 0 saturated carbocycles. The maximum Gasteiger partial charge on any atom is 0.256 e. The quantitative estimate of drug-likeness (QED) is 0.238. The molecule has 5 rings (SSSR count). The second kappa shape index (κ2) is 16.7. The van der Waals surface area contributed by atoms with Crippen LogP contribution in [0.15, 0.2) is 67.3 Å². The van der Waals surface area contributed by atoms with E-state index in [0.717, 1.165) is 5.56 Å². The first-order chi connectivity index (χ1) is 24.5. The van der Waals surface area contributed by atoms with Gasteiger partial charge in [0, 0.05) is 18.7 Å². The highest BCUT2D eigenvalue weighted by molar-refractivity contribution is 6.00. The summed E-state index contributed by atoms with van der Waals surface area (Å²) >= 11 is 0. The number of aromatic nitrogens is 6. The van der Waals surface area contributed by atoms with Crippen molar-refractivity contribution in [2.45, 2.75) is 65.2 Å². The maximum absolute atomic E-state index is 14.0. The summed E-state index contributed by atoms with van der Waals surface area (Å²) in [6, 6.07) is 13.5. The fourth-order valence-corrected chi connectivity index (χ4v) is 5.72. The van der Waals surface area contributed by atoms with Gasteiger partial charge in [-0.2, -0.15) is 5.10 Å². The zero-order chi connectivity index (χ0) is 36.5. The van der Waals surface area contributed by atoms with Crippen LogP contribution in [0.4, 0.5) is 0 Å². The van der Waals surface area contributed by atoms with Crippen LogP contribution in [0, 0.1) is 5.92 Å². The van der Waals surface area contributed by atoms with E-state index in [4.69, 9.17) is 0 Å². The molecule has 1 aliphatic heterocycles. The number of hydrogen-bond donors (Lipinski definition) is 4. The first-order valence-corrected chi connectivity index (χ1v) is 16.9. The summed E-state index contributed by atoms with van der Waals surface area (Å²) in [5, 5.41) is 23.5. The van der Waals surface area contributed by atoms with Gasteiger partial charge in [0.25, 0.3) is 5.91 Å². The molecule has 4 aromatic rings. The molecule has 16 heteroatoms. The third-order valence-electron chi connectivity index (χ3n) is 8.26. The molecule has 0 unspecified atom stereocenters. The van der Waals surface area contributed by atoms with Gasteiger partial charge in [-0.05, 0) is 44.7 Å². The number of carbonyl (C=O) groups excluding carboxylic acids is 5. The van der Waals surface area contributed by atoms with Crippen LogP contribution in [0.5, 0.6) is 0 Å². The number of nitrogens with one attached hydrogen (secondary N) is 4. The smallest absolute Gasteiger partial charge is 0.256 e. The lowest BCUT2D eigenvalue weighted by Gasteiger charge is -2.26. The Morgan fingerprint density at radius 3 is 2.27 bits per heavy atom. The molecular weight excluding hydrogens is 654 g/mol. The monoisotopic (exact) mass is 697 g/mol. The van der Waals surface area contributed by atoms with E-state index in [-0.39, 0.29) is 38.0 Å². The minimum Gasteiger partial charge on any atom is -0.354 e. The molecule has 0 bridgehead atoms. The lowest BCUT2D eigenvalue weighted by atomic mass is 10.0. The van der Waals surface area contributed by atoms with Gasteiger partial charge in [-0.3, -0.25) is 28.5 Å². The molecule has 16 nitrogen and oxygen atoms in total. The van der Waals surface area contributed by atoms with E-state index in [1.807, 2.05) is 44.2 Å². The van der Waals surface area contributed by atoms with Gasteiger partial charge >= 0.3 is 0 Å². The van der Waals surface area contributed by atoms with Gasteiger partial charge in [0.15, 0.2) is 5.82 Å². The molecule has 0 spiro atoms. The first kappa shape index (κ1) is 36.4. The van der Waals surface area contributed by atoms with E-state index in [1.165, 1.54) is 29.2 Å². The zero-order valence-corrected chi connectivity index (χ0v) is 29.1. The number of amides is 5. The Morgan fingerprint density at radius 2 is 1.55 bits per heavy atom. The number of benzene rings is 2. The molecule has 3 heterocycles. The van der Waals surface area contributed by atoms with Crippen LogP contribution >= 0.6 is 0 Å². The van der Waals surface area contributed by atoms with Gasteiger partial charge in [0.2, 0.25) is 23.6 Å². The third-order valence-corrected chi connectivity index (χ3v) is 8.26. The fraction of sp³-hybridized carbons (Fsp3) is 0.400. The molecule has 2 aromatic heterocycles. The normalized spacial score (nSPS) is 19.9. The predicted molar refractivity (Wildman–Crippen MR) is 186 cm³/mol. The summed E-state index contributed by atoms with van der Waals surface area (Å²) in [5.41, 5.74) is 1.57. The molecule has 51 heavy (non-hydrogen) atoms. The van der Waals surface area contributed by atoms with E-state index in [2.05, 4.69) is 41.5 Å². The summed E-state index contributed by atoms with van der Waals surface area (Å²) in [6.45, 7) is 6.86. The molecule has 5 amide bonds. The number of para-hydroxylation sites is 1. The van der Waals surface area contributed by atoms with Gasteiger partial charge < -0.3 is 26.2 Å². The van der Waals surface area contributed by atoms with Crippen LogP contribution in [-0.2, 0) is 25.7 Å². The van der Waals surface area contributed by atoms with Crippen LogP contribution in [0.1, 0.15) is 62.8 Å². The number of carbonyl (C=O) groups is 5. The van der Waals surface area contributed by atoms with E-state index >= 15 is 0 Å². The molecule has 1 aliphatic rings. The second-order valence-corrected chi connectivity index (χ2v) is 12.8. The molecule has 4 N–H and O–H groups in total. The summed E-state index contributed by atoms with van der Waals surface area (Å²) in [6.07, 6.45) is 3.57. The number of nitrogens with zero attached hydrogens (tertiary/aromatic N) is 7. The summed E-state index contributed by atoms with van der Waals surface area (Å²) < 4.78 is 3.05. The molecule has 0 radical (unpaired) electrons. The van der Waals surface area contributed by atoms with Gasteiger partial charge in [0.05, 0.1) is 23.8 Å². The molecule has 0 aliphatic carbocycles. The molecule has 268 valence electrons. The van der Waals surface area contributed by atoms with Crippen molar-refractivity contribution in [2.24, 2.45) is 5.92 Å². The average Bonchev–Trinajstić information content (AvgIpc) is 3.80. The van der Waals surface area contributed by atoms with Crippen molar-refractivity contribution < 1.29 is 24.0 Å². The highest BCUT2D eigenvalue weighted by atomic mass is 16.2. The standard InChI is InChI=1S/C35H43N11O5/c1-22(2)17-27-34(50)40-23(3)32-42-31(25-11-6-5-7-12-25)43-46(32)19-29(47)36-15-10-16-44(18-30(48)39-24(4)33(49)41-27)35(51)26-13-8-9-14-28(26)45-20-37-38-21-45/h5-9,11-14,20-24,27H,10,15-19H2,1-4H3,(H,36,47)(H,39,48)(H,40,50)(H,41,49)/t23-,24+,27+/m0/s1. The molecule has 2 aromatic carbocycles. The Hall–Kier alpha value is -5.93. The van der Waals surface area contributed by atoms with E-state index in [9.17, 15) is 24.0 Å². The third kappa shape index (κ3) is 9.40. The Balaban J connectivity index is 1.44. The SMILES string of the molecule is CC(C)C[C@H]1NC(=O)[C@@H](C)NC(=O)CN(C(=O)c2ccccc2-n2cnnc2)CCCNC(=O)Cn2nc(-c3ccccc3)nc2[C@H](C)NC1=O. The summed E-state index contributed by atoms with van der Waals surface area (Å²) in [7, 11) is 0. The Labute approximate surface area is 295 Å². The van der Waals surface area contributed by atoms with Crippen molar-refractivity contribution in [1.82, 2.24) is 55.7 Å². The van der Waals surface area contributed by atoms with E-state index in [0.29, 0.717) is 35.7 Å². The molecular formula is C35H43N11O5. The average molecular weight is 698 g/mol. The van der Waals surface area contributed by atoms with Crippen LogP contribution in [0.25, 0.3) is 17.1 Å². The number of fused-ring (bicyclic) bond motifs is 1. The fourth-order valence-electron chi connectivity index (χ4n) is 5.72. The van der Waals surface area contributed by atoms with Crippen molar-refractivity contribution in [3.05, 3.63) is 78.6 Å². The maximum atomic E-state index is 14.0. The summed E-state index contributed by atoms with van der Waals surface area (Å²) in [5.74, 6) is -1.59. The molecule has 3 atom stereocenters. The highest BCUT2D eigenvalue weighted by Crippen LogP contribution is 2.20. The van der Waals surface area contributed by atoms with Crippen LogP contribution in [-0.4, -0.2) is 95.7 Å². The van der Waals surface area contributed by atoms with Gasteiger partial charge in [-0.1, -0.05) is 56.3 Å². The Morgan fingerprint density at radius 1 is 0.843 bits per heavy atom. The van der Waals surface area contributed by atoms with Crippen LogP contribution in [0.3, 0.4) is 0 Å². The molecule has 0 saturated heterocycles. The first-order valence-electron chi connectivity index (χ1n) is 16.9. The molecule has 0 fully saturated rings. The van der Waals surface area contributed by atoms with Crippen molar-refractivity contribution in [1.29, 1.82) is 0 Å². The lowest BCUT2D eigenvalue weighted by Crippen LogP contribution is -2.54. The largest absolute Gasteiger partial charge is 0.354 e. The van der Waals surface area contributed by atoms with Crippen molar-refractivity contribution >= 4 is 29.5 Å². The van der Waals surface area contributed by atoms with Gasteiger partial charge in [0.1, 0.15) is 37.1 Å². The number of hydrogen-bond acceptors (Lipinski definition) is 9. The van der Waals surface area contributed by atoms with Gasteiger partial charge in [-0.25, -0.2) is 9.67 Å². The van der Waals surface area contributed by atoms with Crippen LogP contribution in [0.2, 0.25) is 0 Å². The van der Waals surface area contributed by atoms with E-state index in [1.54, 1.807) is 35.8 Å². The van der Waals surface area contributed by atoms with E-state index < -0.39 is 41.8 Å². The minimum atomic E-state index is -1.02. The lowest BCUT2D eigenvalue weighted by molar-refractivity contribution is -0.132. The van der Waals surface area contributed by atoms with Crippen LogP contribution < -0.4 is 21.3 Å². The van der Waals surface area contributed by atoms with Gasteiger partial charge in [-0.15, -0.1) is 10.2 Å². The van der Waals surface area contributed by atoms with Crippen molar-refractivity contribution in [2.75, 3.05) is 19.6 Å². The second-order valence-electron chi connectivity index (χ2n) is 12.8. The Bertz CT molecular complexity index is 1840.